The maximum Gasteiger partial charge on any atom is 0.150 e. The molecule has 18 rings (SSSR count). The zero-order valence-corrected chi connectivity index (χ0v) is 46.4. The number of benzene rings is 17. The number of rotatable bonds is 0. The molecule has 0 atom stereocenters. The van der Waals surface area contributed by atoms with E-state index in [4.69, 9.17) is 4.74 Å². The van der Waals surface area contributed by atoms with E-state index in [1.54, 1.807) is 0 Å². The molecule has 0 bridgehead atoms. The van der Waals surface area contributed by atoms with E-state index >= 15 is 0 Å². The number of fused-ring (bicyclic) bond motifs is 17. The van der Waals surface area contributed by atoms with Gasteiger partial charge < -0.3 is 10.1 Å². The van der Waals surface area contributed by atoms with Crippen molar-refractivity contribution in [3.8, 4) is 11.5 Å². The molecule has 2 heteroatoms. The van der Waals surface area contributed by atoms with Crippen molar-refractivity contribution in [3.63, 3.8) is 0 Å². The molecule has 1 aliphatic heterocycles. The Morgan fingerprint density at radius 3 is 0.464 bits per heavy atom. The third-order valence-corrected chi connectivity index (χ3v) is 15.5. The molecule has 0 saturated carbocycles. The van der Waals surface area contributed by atoms with Crippen molar-refractivity contribution in [2.45, 2.75) is 0 Å². The van der Waals surface area contributed by atoms with Gasteiger partial charge in [-0.3, -0.25) is 0 Å². The van der Waals surface area contributed by atoms with Crippen molar-refractivity contribution < 1.29 is 4.74 Å². The van der Waals surface area contributed by atoms with Gasteiger partial charge in [-0.1, -0.05) is 328 Å². The Kier molecular flexibility index (Phi) is 15.4. The molecule has 17 aromatic rings. The van der Waals surface area contributed by atoms with Gasteiger partial charge in [0.2, 0.25) is 0 Å². The van der Waals surface area contributed by atoms with Gasteiger partial charge in [0.1, 0.15) is 0 Å². The first kappa shape index (κ1) is 52.3. The number of anilines is 2. The maximum absolute atomic E-state index is 5.71. The van der Waals surface area contributed by atoms with Crippen molar-refractivity contribution in [3.05, 3.63) is 352 Å². The molecule has 2 nitrogen and oxygen atoms in total. The largest absolute Gasteiger partial charge is 0.453 e. The van der Waals surface area contributed by atoms with E-state index in [0.29, 0.717) is 0 Å². The van der Waals surface area contributed by atoms with Crippen LogP contribution in [0.15, 0.2) is 352 Å². The van der Waals surface area contributed by atoms with Crippen LogP contribution in [0.1, 0.15) is 0 Å². The summed E-state index contributed by atoms with van der Waals surface area (Å²) in [5, 5.41) is 29.8. The van der Waals surface area contributed by atoms with E-state index in [9.17, 15) is 0 Å². The molecule has 0 saturated heterocycles. The number of hydrogen-bond donors (Lipinski definition) is 1. The minimum absolute atomic E-state index is 0.881. The molecule has 0 aromatic heterocycles. The molecule has 0 fully saturated rings. The fraction of sp³-hybridized carbons (Fsp3) is 0. The summed E-state index contributed by atoms with van der Waals surface area (Å²) in [7, 11) is 0. The van der Waals surface area contributed by atoms with Crippen LogP contribution in [0.3, 0.4) is 0 Å². The quantitative estimate of drug-likeness (QED) is 0.153. The smallest absolute Gasteiger partial charge is 0.150 e. The lowest BCUT2D eigenvalue weighted by molar-refractivity contribution is 0.481. The van der Waals surface area contributed by atoms with Crippen LogP contribution in [0.5, 0.6) is 11.5 Å². The first-order valence-corrected chi connectivity index (χ1v) is 28.6. The van der Waals surface area contributed by atoms with E-state index in [0.717, 1.165) is 22.9 Å². The highest BCUT2D eigenvalue weighted by atomic mass is 16.5. The highest BCUT2D eigenvalue weighted by Crippen LogP contribution is 2.41. The number of nitrogens with one attached hydrogen (secondary N) is 1. The molecular weight excluding hydrogens is 1010 g/mol. The number of hydrogen-bond acceptors (Lipinski definition) is 2. The summed E-state index contributed by atoms with van der Waals surface area (Å²) in [6, 6.07) is 123. The highest BCUT2D eigenvalue weighted by Gasteiger charge is 2.14. The third-order valence-electron chi connectivity index (χ3n) is 15.5. The van der Waals surface area contributed by atoms with E-state index in [-0.39, 0.29) is 0 Å². The first-order valence-electron chi connectivity index (χ1n) is 28.6. The second-order valence-corrected chi connectivity index (χ2v) is 20.8. The van der Waals surface area contributed by atoms with Crippen LogP contribution in [-0.4, -0.2) is 0 Å². The molecule has 1 aliphatic rings. The monoisotopic (exact) mass is 1070 g/mol. The first-order chi connectivity index (χ1) is 41.7. The molecule has 398 valence electrons. The Balaban J connectivity index is 0.0000000940. The van der Waals surface area contributed by atoms with Gasteiger partial charge in [-0.25, -0.2) is 0 Å². The molecule has 1 N–H and O–H groups in total. The average molecular weight is 1070 g/mol. The van der Waals surface area contributed by atoms with Crippen molar-refractivity contribution in [2.75, 3.05) is 5.32 Å². The van der Waals surface area contributed by atoms with Gasteiger partial charge in [0, 0.05) is 0 Å². The van der Waals surface area contributed by atoms with Crippen molar-refractivity contribution in [2.24, 2.45) is 0 Å². The number of para-hydroxylation sites is 4. The molecule has 84 heavy (non-hydrogen) atoms. The maximum atomic E-state index is 5.71. The van der Waals surface area contributed by atoms with Crippen molar-refractivity contribution in [1.29, 1.82) is 0 Å². The molecular formula is C82H59NO. The van der Waals surface area contributed by atoms with Crippen LogP contribution in [0, 0.1) is 0 Å². The van der Waals surface area contributed by atoms with Crippen LogP contribution in [0.2, 0.25) is 0 Å². The van der Waals surface area contributed by atoms with Crippen LogP contribution in [0.25, 0.3) is 108 Å². The highest BCUT2D eigenvalue weighted by molar-refractivity contribution is 6.11. The minimum Gasteiger partial charge on any atom is -0.453 e. The van der Waals surface area contributed by atoms with E-state index in [1.807, 2.05) is 48.5 Å². The Bertz CT molecular complexity index is 4120. The molecule has 17 aromatic carbocycles. The molecule has 0 amide bonds. The normalized spacial score (nSPS) is 11.0. The van der Waals surface area contributed by atoms with Crippen LogP contribution >= 0.6 is 0 Å². The summed E-state index contributed by atoms with van der Waals surface area (Å²) in [5.74, 6) is 1.76. The number of ether oxygens (including phenoxy) is 1. The Morgan fingerprint density at radius 1 is 0.143 bits per heavy atom. The summed E-state index contributed by atoms with van der Waals surface area (Å²) < 4.78 is 5.71. The molecule has 1 heterocycles. The van der Waals surface area contributed by atoms with Gasteiger partial charge in [-0.2, -0.15) is 0 Å². The Labute approximate surface area is 489 Å². The Morgan fingerprint density at radius 2 is 0.286 bits per heavy atom. The van der Waals surface area contributed by atoms with Gasteiger partial charge in [0.15, 0.2) is 11.5 Å². The molecule has 0 aliphatic carbocycles. The predicted molar refractivity (Wildman–Crippen MR) is 364 cm³/mol. The standard InChI is InChI=1S/5C14H10.C12H9NO/c5*1-3-7-13-11(5-1)9-10-12-6-2-4-8-14(12)13;1-3-7-11-9(5-1)13-10-6-2-4-8-12(10)14-11/h5*1-10H;1-8,13H. The van der Waals surface area contributed by atoms with Gasteiger partial charge in [-0.15, -0.1) is 0 Å². The van der Waals surface area contributed by atoms with Crippen LogP contribution < -0.4 is 10.1 Å². The van der Waals surface area contributed by atoms with Crippen LogP contribution in [0.4, 0.5) is 11.4 Å². The molecule has 0 unspecified atom stereocenters. The predicted octanol–water partition coefficient (Wildman–Crippen LogP) is 23.5. The van der Waals surface area contributed by atoms with Gasteiger partial charge >= 0.3 is 0 Å². The zero-order valence-electron chi connectivity index (χ0n) is 46.4. The van der Waals surface area contributed by atoms with Crippen molar-refractivity contribution >= 4 is 119 Å². The fourth-order valence-corrected chi connectivity index (χ4v) is 11.4. The van der Waals surface area contributed by atoms with Gasteiger partial charge in [0.25, 0.3) is 0 Å². The molecule has 0 radical (unpaired) electrons. The molecule has 0 spiro atoms. The topological polar surface area (TPSA) is 21.3 Å². The second kappa shape index (κ2) is 24.8. The van der Waals surface area contributed by atoms with E-state index in [1.165, 1.54) is 108 Å². The lowest BCUT2D eigenvalue weighted by atomic mass is 10.0. The summed E-state index contributed by atoms with van der Waals surface area (Å²) in [5.41, 5.74) is 2.04. The zero-order chi connectivity index (χ0) is 56.3. The lowest BCUT2D eigenvalue weighted by Crippen LogP contribution is -2.01. The summed E-state index contributed by atoms with van der Waals surface area (Å²) in [6.07, 6.45) is 0. The SMILES string of the molecule is c1ccc2c(c1)Nc1ccccc1O2.c1ccc2c(c1)ccc1ccccc12.c1ccc2c(c1)ccc1ccccc12.c1ccc2c(c1)ccc1ccccc12.c1ccc2c(c1)ccc1ccccc12.c1ccc2c(c1)ccc1ccccc12. The van der Waals surface area contributed by atoms with E-state index < -0.39 is 0 Å². The lowest BCUT2D eigenvalue weighted by Gasteiger charge is -2.20. The summed E-state index contributed by atoms with van der Waals surface area (Å²) in [4.78, 5) is 0. The third kappa shape index (κ3) is 11.5. The van der Waals surface area contributed by atoms with Crippen LogP contribution in [-0.2, 0) is 0 Å². The second-order valence-electron chi connectivity index (χ2n) is 20.8. The van der Waals surface area contributed by atoms with Gasteiger partial charge in [-0.05, 0) is 132 Å². The average Bonchev–Trinajstić information content (AvgIpc) is 3.75. The summed E-state index contributed by atoms with van der Waals surface area (Å²) >= 11 is 0. The van der Waals surface area contributed by atoms with E-state index in [2.05, 4.69) is 309 Å². The fourth-order valence-electron chi connectivity index (χ4n) is 11.4. The van der Waals surface area contributed by atoms with Gasteiger partial charge in [0.05, 0.1) is 11.4 Å². The minimum atomic E-state index is 0.881. The van der Waals surface area contributed by atoms with Crippen molar-refractivity contribution in [1.82, 2.24) is 0 Å². The summed E-state index contributed by atoms with van der Waals surface area (Å²) in [6.45, 7) is 0. The Hall–Kier alpha value is -11.1.